The Balaban J connectivity index is 1.80. The van der Waals surface area contributed by atoms with Crippen LogP contribution in [0.15, 0.2) is 40.8 Å². The van der Waals surface area contributed by atoms with Crippen molar-refractivity contribution in [1.29, 1.82) is 0 Å². The molecule has 0 spiro atoms. The average molecular weight is 357 g/mol. The third-order valence-corrected chi connectivity index (χ3v) is 3.97. The number of oxazole rings is 1. The zero-order valence-electron chi connectivity index (χ0n) is 12.8. The topological polar surface area (TPSA) is 84.6 Å². The Kier molecular flexibility index (Phi) is 3.82. The predicted molar refractivity (Wildman–Crippen MR) is 89.1 cm³/mol. The Morgan fingerprint density at radius 2 is 2.12 bits per heavy atom. The standard InChI is InChI=1S/C18H12ClNO5/c19-12-6-10(7-15-17(12)24-9-23-15)5-11(8-16(21)22)18-20-13-3-1-2-4-14(13)25-18/h1-7H,8-9H2,(H,21,22)/p-1/b11-5+. The fraction of sp³-hybridized carbons (Fsp3) is 0.111. The molecule has 0 saturated carbocycles. The Hall–Kier alpha value is -2.99. The van der Waals surface area contributed by atoms with E-state index in [1.807, 2.05) is 12.1 Å². The van der Waals surface area contributed by atoms with Gasteiger partial charge in [0.1, 0.15) is 5.52 Å². The first-order valence-corrected chi connectivity index (χ1v) is 7.83. The number of nitrogens with zero attached hydrogens (tertiary/aromatic N) is 1. The van der Waals surface area contributed by atoms with E-state index in [0.717, 1.165) is 0 Å². The summed E-state index contributed by atoms with van der Waals surface area (Å²) in [6, 6.07) is 10.6. The second-order valence-electron chi connectivity index (χ2n) is 5.44. The van der Waals surface area contributed by atoms with Crippen molar-refractivity contribution in [3.63, 3.8) is 0 Å². The SMILES string of the molecule is O=C([O-])C/C(=C\c1cc(Cl)c2c(c1)OCO2)c1nc2ccccc2o1. The Labute approximate surface area is 147 Å². The molecule has 126 valence electrons. The lowest BCUT2D eigenvalue weighted by Gasteiger charge is -2.06. The molecular formula is C18H11ClNO5-. The van der Waals surface area contributed by atoms with Crippen LogP contribution < -0.4 is 14.6 Å². The van der Waals surface area contributed by atoms with Crippen LogP contribution >= 0.6 is 11.6 Å². The fourth-order valence-electron chi connectivity index (χ4n) is 2.63. The normalized spacial score (nSPS) is 13.4. The highest BCUT2D eigenvalue weighted by Gasteiger charge is 2.19. The zero-order chi connectivity index (χ0) is 17.4. The van der Waals surface area contributed by atoms with Gasteiger partial charge in [-0.1, -0.05) is 23.7 Å². The highest BCUT2D eigenvalue weighted by atomic mass is 35.5. The van der Waals surface area contributed by atoms with Crippen LogP contribution in [0.5, 0.6) is 11.5 Å². The minimum atomic E-state index is -1.24. The Bertz CT molecular complexity index is 975. The van der Waals surface area contributed by atoms with E-state index in [1.165, 1.54) is 0 Å². The molecular weight excluding hydrogens is 346 g/mol. The number of hydrogen-bond acceptors (Lipinski definition) is 6. The third-order valence-electron chi connectivity index (χ3n) is 3.69. The van der Waals surface area contributed by atoms with Crippen LogP contribution in [0.2, 0.25) is 5.02 Å². The van der Waals surface area contributed by atoms with Gasteiger partial charge in [-0.2, -0.15) is 0 Å². The third kappa shape index (κ3) is 3.04. The maximum Gasteiger partial charge on any atom is 0.231 e. The lowest BCUT2D eigenvalue weighted by molar-refractivity contribution is -0.304. The molecule has 6 nitrogen and oxygen atoms in total. The van der Waals surface area contributed by atoms with Gasteiger partial charge in [0.25, 0.3) is 0 Å². The molecule has 1 aliphatic heterocycles. The number of halogens is 1. The Morgan fingerprint density at radius 1 is 1.28 bits per heavy atom. The van der Waals surface area contributed by atoms with Crippen LogP contribution in [0.25, 0.3) is 22.7 Å². The van der Waals surface area contributed by atoms with Crippen LogP contribution in [-0.2, 0) is 4.79 Å². The molecule has 0 N–H and O–H groups in total. The molecule has 7 heteroatoms. The monoisotopic (exact) mass is 356 g/mol. The highest BCUT2D eigenvalue weighted by Crippen LogP contribution is 2.40. The molecule has 2 aromatic carbocycles. The molecule has 0 saturated heterocycles. The van der Waals surface area contributed by atoms with E-state index >= 15 is 0 Å². The lowest BCUT2D eigenvalue weighted by Crippen LogP contribution is -2.22. The van der Waals surface area contributed by atoms with Gasteiger partial charge in [0.15, 0.2) is 17.1 Å². The largest absolute Gasteiger partial charge is 0.550 e. The predicted octanol–water partition coefficient (Wildman–Crippen LogP) is 2.89. The summed E-state index contributed by atoms with van der Waals surface area (Å²) in [6.07, 6.45) is 1.28. The van der Waals surface area contributed by atoms with Gasteiger partial charge >= 0.3 is 0 Å². The smallest absolute Gasteiger partial charge is 0.231 e. The lowest BCUT2D eigenvalue weighted by atomic mass is 10.1. The number of carbonyl (C=O) groups excluding carboxylic acids is 1. The van der Waals surface area contributed by atoms with Crippen LogP contribution in [0, 0.1) is 0 Å². The molecule has 0 amide bonds. The summed E-state index contributed by atoms with van der Waals surface area (Å²) in [5, 5.41) is 11.5. The summed E-state index contributed by atoms with van der Waals surface area (Å²) in [5.41, 5.74) is 2.23. The summed E-state index contributed by atoms with van der Waals surface area (Å²) in [5.74, 6) is -0.0363. The highest BCUT2D eigenvalue weighted by molar-refractivity contribution is 6.32. The minimum Gasteiger partial charge on any atom is -0.550 e. The number of fused-ring (bicyclic) bond motifs is 2. The molecule has 0 bridgehead atoms. The van der Waals surface area contributed by atoms with Crippen molar-refractivity contribution in [3.05, 3.63) is 52.9 Å². The van der Waals surface area contributed by atoms with Crippen LogP contribution in [0.4, 0.5) is 0 Å². The van der Waals surface area contributed by atoms with Gasteiger partial charge in [-0.15, -0.1) is 0 Å². The van der Waals surface area contributed by atoms with Gasteiger partial charge in [0.05, 0.1) is 5.02 Å². The zero-order valence-corrected chi connectivity index (χ0v) is 13.6. The Morgan fingerprint density at radius 3 is 2.92 bits per heavy atom. The van der Waals surface area contributed by atoms with Crippen molar-refractivity contribution in [3.8, 4) is 11.5 Å². The molecule has 0 atom stereocenters. The molecule has 2 heterocycles. The minimum absolute atomic E-state index is 0.0965. The number of carbonyl (C=O) groups is 1. The molecule has 25 heavy (non-hydrogen) atoms. The van der Waals surface area contributed by atoms with Gasteiger partial charge in [-0.05, 0) is 35.9 Å². The van der Waals surface area contributed by atoms with Crippen molar-refractivity contribution >= 4 is 40.3 Å². The first kappa shape index (κ1) is 15.5. The van der Waals surface area contributed by atoms with Gasteiger partial charge in [-0.25, -0.2) is 4.98 Å². The first-order valence-electron chi connectivity index (χ1n) is 7.45. The number of aromatic nitrogens is 1. The van der Waals surface area contributed by atoms with E-state index in [1.54, 1.807) is 30.3 Å². The van der Waals surface area contributed by atoms with Crippen molar-refractivity contribution < 1.29 is 23.8 Å². The second-order valence-corrected chi connectivity index (χ2v) is 5.85. The van der Waals surface area contributed by atoms with E-state index in [4.69, 9.17) is 25.5 Å². The van der Waals surface area contributed by atoms with Gasteiger partial charge in [0.2, 0.25) is 12.7 Å². The van der Waals surface area contributed by atoms with E-state index in [2.05, 4.69) is 4.98 Å². The summed E-state index contributed by atoms with van der Waals surface area (Å²) in [6.45, 7) is 0.0965. The van der Waals surface area contributed by atoms with Gasteiger partial charge in [0, 0.05) is 18.0 Å². The van der Waals surface area contributed by atoms with Crippen molar-refractivity contribution in [2.45, 2.75) is 6.42 Å². The van der Waals surface area contributed by atoms with Gasteiger partial charge < -0.3 is 23.8 Å². The summed E-state index contributed by atoms with van der Waals surface area (Å²) in [7, 11) is 0. The number of carboxylic acid groups (broad SMARTS) is 1. The van der Waals surface area contributed by atoms with E-state index in [9.17, 15) is 9.90 Å². The number of carboxylic acids is 1. The number of ether oxygens (including phenoxy) is 2. The van der Waals surface area contributed by atoms with E-state index in [0.29, 0.717) is 38.8 Å². The maximum atomic E-state index is 11.2. The second kappa shape index (κ2) is 6.14. The fourth-order valence-corrected chi connectivity index (χ4v) is 2.90. The molecule has 0 fully saturated rings. The molecule has 0 aliphatic carbocycles. The van der Waals surface area contributed by atoms with Crippen LogP contribution in [0.1, 0.15) is 17.9 Å². The van der Waals surface area contributed by atoms with Crippen molar-refractivity contribution in [2.24, 2.45) is 0 Å². The number of benzene rings is 2. The van der Waals surface area contributed by atoms with Gasteiger partial charge in [-0.3, -0.25) is 0 Å². The molecule has 0 radical (unpaired) electrons. The summed E-state index contributed by atoms with van der Waals surface area (Å²) < 4.78 is 16.3. The number of hydrogen-bond donors (Lipinski definition) is 0. The average Bonchev–Trinajstić information content (AvgIpc) is 3.20. The summed E-state index contributed by atoms with van der Waals surface area (Å²) in [4.78, 5) is 15.5. The number of aliphatic carboxylic acids is 1. The van der Waals surface area contributed by atoms with Crippen molar-refractivity contribution in [1.82, 2.24) is 4.98 Å². The van der Waals surface area contributed by atoms with Crippen molar-refractivity contribution in [2.75, 3.05) is 6.79 Å². The molecule has 0 unspecified atom stereocenters. The summed E-state index contributed by atoms with van der Waals surface area (Å²) >= 11 is 6.17. The van der Waals surface area contributed by atoms with E-state index in [-0.39, 0.29) is 19.1 Å². The number of para-hydroxylation sites is 2. The molecule has 3 aromatic rings. The maximum absolute atomic E-state index is 11.2. The first-order chi connectivity index (χ1) is 12.1. The molecule has 1 aliphatic rings. The molecule has 1 aromatic heterocycles. The van der Waals surface area contributed by atoms with E-state index < -0.39 is 5.97 Å². The number of rotatable bonds is 4. The van der Waals surface area contributed by atoms with Crippen LogP contribution in [0.3, 0.4) is 0 Å². The molecule has 4 rings (SSSR count). The quantitative estimate of drug-likeness (QED) is 0.714. The van der Waals surface area contributed by atoms with Crippen LogP contribution in [-0.4, -0.2) is 17.7 Å².